The molecular formula is C6H15NO7S3. The van der Waals surface area contributed by atoms with E-state index >= 15 is 0 Å². The van der Waals surface area contributed by atoms with Crippen LogP contribution in [0.1, 0.15) is 6.42 Å². The Labute approximate surface area is 101 Å². The zero-order chi connectivity index (χ0) is 13.7. The van der Waals surface area contributed by atoms with Gasteiger partial charge in [-0.05, 0) is 6.42 Å². The summed E-state index contributed by atoms with van der Waals surface area (Å²) >= 11 is 0. The summed E-state index contributed by atoms with van der Waals surface area (Å²) in [6.45, 7) is -0.444. The highest BCUT2D eigenvalue weighted by Gasteiger charge is 2.13. The highest BCUT2D eigenvalue weighted by atomic mass is 32.2. The van der Waals surface area contributed by atoms with Crippen LogP contribution in [0.25, 0.3) is 0 Å². The minimum atomic E-state index is -4.21. The Morgan fingerprint density at radius 3 is 1.88 bits per heavy atom. The normalized spacial score (nSPS) is 13.8. The van der Waals surface area contributed by atoms with Gasteiger partial charge in [-0.1, -0.05) is 0 Å². The molecule has 0 bridgehead atoms. The molecule has 0 aliphatic heterocycles. The fourth-order valence-electron chi connectivity index (χ4n) is 0.909. The van der Waals surface area contributed by atoms with Gasteiger partial charge >= 0.3 is 0 Å². The molecule has 0 aliphatic carbocycles. The van der Waals surface area contributed by atoms with Gasteiger partial charge in [0.15, 0.2) is 0 Å². The van der Waals surface area contributed by atoms with Gasteiger partial charge in [-0.2, -0.15) is 8.42 Å². The van der Waals surface area contributed by atoms with Crippen LogP contribution in [0.5, 0.6) is 0 Å². The van der Waals surface area contributed by atoms with Crippen molar-refractivity contribution >= 4 is 30.0 Å². The summed E-state index contributed by atoms with van der Waals surface area (Å²) in [5.41, 5.74) is 0. The van der Waals surface area contributed by atoms with Crippen LogP contribution in [-0.4, -0.2) is 59.9 Å². The Morgan fingerprint density at radius 2 is 1.47 bits per heavy atom. The second-order valence-corrected chi connectivity index (χ2v) is 9.24. The van der Waals surface area contributed by atoms with Gasteiger partial charge in [-0.25, -0.2) is 21.6 Å². The lowest BCUT2D eigenvalue weighted by Crippen LogP contribution is -2.31. The topological polar surface area (TPSA) is 135 Å². The van der Waals surface area contributed by atoms with Gasteiger partial charge in [-0.15, -0.1) is 0 Å². The van der Waals surface area contributed by atoms with E-state index in [9.17, 15) is 25.3 Å². The quantitative estimate of drug-likeness (QED) is 0.506. The molecule has 0 saturated carbocycles. The molecule has 8 nitrogen and oxygen atoms in total. The van der Waals surface area contributed by atoms with Gasteiger partial charge in [0, 0.05) is 12.8 Å². The van der Waals surface area contributed by atoms with Gasteiger partial charge in [-0.3, -0.25) is 4.55 Å². The molecule has 17 heavy (non-hydrogen) atoms. The highest BCUT2D eigenvalue weighted by Crippen LogP contribution is 1.94. The predicted molar refractivity (Wildman–Crippen MR) is 62.5 cm³/mol. The first kappa shape index (κ1) is 16.8. The number of sulfonamides is 1. The van der Waals surface area contributed by atoms with Crippen LogP contribution in [-0.2, 0) is 30.0 Å². The van der Waals surface area contributed by atoms with E-state index in [-0.39, 0.29) is 12.2 Å². The van der Waals surface area contributed by atoms with Crippen molar-refractivity contribution < 1.29 is 29.8 Å². The van der Waals surface area contributed by atoms with Crippen LogP contribution in [0.15, 0.2) is 0 Å². The molecule has 0 heterocycles. The van der Waals surface area contributed by atoms with Gasteiger partial charge < -0.3 is 0 Å². The van der Waals surface area contributed by atoms with Crippen LogP contribution in [0.4, 0.5) is 0 Å². The molecule has 0 aromatic carbocycles. The maximum Gasteiger partial charge on any atom is 0.266 e. The SMILES string of the molecule is CS(=O)(=O)CCCS(=O)(=O)NCCS(=O)(=O)O. The van der Waals surface area contributed by atoms with Gasteiger partial charge in [0.2, 0.25) is 10.0 Å². The van der Waals surface area contributed by atoms with Crippen molar-refractivity contribution in [2.75, 3.05) is 30.1 Å². The van der Waals surface area contributed by atoms with E-state index in [4.69, 9.17) is 4.55 Å². The van der Waals surface area contributed by atoms with E-state index in [1.54, 1.807) is 0 Å². The Morgan fingerprint density at radius 1 is 0.941 bits per heavy atom. The fourth-order valence-corrected chi connectivity index (χ4v) is 3.33. The number of sulfone groups is 1. The minimum Gasteiger partial charge on any atom is -0.286 e. The average Bonchev–Trinajstić information content (AvgIpc) is 1.96. The summed E-state index contributed by atoms with van der Waals surface area (Å²) < 4.78 is 74.8. The van der Waals surface area contributed by atoms with Crippen molar-refractivity contribution in [3.8, 4) is 0 Å². The monoisotopic (exact) mass is 309 g/mol. The third-order valence-electron chi connectivity index (χ3n) is 1.61. The second kappa shape index (κ2) is 6.09. The molecule has 11 heteroatoms. The molecule has 0 unspecified atom stereocenters. The van der Waals surface area contributed by atoms with E-state index in [0.717, 1.165) is 6.26 Å². The molecule has 0 fully saturated rings. The van der Waals surface area contributed by atoms with Crippen LogP contribution < -0.4 is 4.72 Å². The molecule has 0 aromatic rings. The van der Waals surface area contributed by atoms with Gasteiger partial charge in [0.1, 0.15) is 9.84 Å². The molecule has 0 atom stereocenters. The largest absolute Gasteiger partial charge is 0.286 e. The van der Waals surface area contributed by atoms with Crippen LogP contribution in [0.2, 0.25) is 0 Å². The van der Waals surface area contributed by atoms with Gasteiger partial charge in [0.25, 0.3) is 10.1 Å². The summed E-state index contributed by atoms with van der Waals surface area (Å²) in [5.74, 6) is -1.39. The lowest BCUT2D eigenvalue weighted by atomic mass is 10.6. The van der Waals surface area contributed by atoms with E-state index < -0.39 is 48.0 Å². The highest BCUT2D eigenvalue weighted by molar-refractivity contribution is 7.91. The Balaban J connectivity index is 4.06. The number of rotatable bonds is 8. The molecule has 104 valence electrons. The van der Waals surface area contributed by atoms with E-state index in [1.165, 1.54) is 0 Å². The second-order valence-electron chi connectivity index (χ2n) is 3.48. The molecule has 2 N–H and O–H groups in total. The lowest BCUT2D eigenvalue weighted by Gasteiger charge is -2.05. The molecular weight excluding hydrogens is 294 g/mol. The summed E-state index contributed by atoms with van der Waals surface area (Å²) in [6, 6.07) is 0. The maximum atomic E-state index is 11.2. The number of nitrogens with one attached hydrogen (secondary N) is 1. The van der Waals surface area contributed by atoms with Gasteiger partial charge in [0.05, 0.1) is 17.3 Å². The van der Waals surface area contributed by atoms with E-state index in [2.05, 4.69) is 0 Å². The first-order valence-electron chi connectivity index (χ1n) is 4.51. The zero-order valence-corrected chi connectivity index (χ0v) is 11.6. The first-order chi connectivity index (χ1) is 7.41. The van der Waals surface area contributed by atoms with Crippen LogP contribution in [0.3, 0.4) is 0 Å². The maximum absolute atomic E-state index is 11.2. The van der Waals surface area contributed by atoms with E-state index in [0.29, 0.717) is 0 Å². The predicted octanol–water partition coefficient (Wildman–Crippen LogP) is -1.77. The minimum absolute atomic E-state index is 0.0694. The van der Waals surface area contributed by atoms with Crippen molar-refractivity contribution in [3.05, 3.63) is 0 Å². The summed E-state index contributed by atoms with van der Waals surface area (Å²) in [4.78, 5) is 0. The van der Waals surface area contributed by atoms with Crippen molar-refractivity contribution in [2.45, 2.75) is 6.42 Å². The molecule has 0 radical (unpaired) electrons. The molecule has 0 saturated heterocycles. The molecule has 0 aliphatic rings. The summed E-state index contributed by atoms with van der Waals surface area (Å²) in [7, 11) is -11.1. The first-order valence-corrected chi connectivity index (χ1v) is 9.84. The van der Waals surface area contributed by atoms with Crippen molar-refractivity contribution in [1.82, 2.24) is 4.72 Å². The molecule has 0 amide bonds. The van der Waals surface area contributed by atoms with E-state index in [1.807, 2.05) is 4.72 Å². The summed E-state index contributed by atoms with van der Waals surface area (Å²) in [5, 5.41) is 0. The number of hydrogen-bond acceptors (Lipinski definition) is 6. The van der Waals surface area contributed by atoms with Crippen molar-refractivity contribution in [2.24, 2.45) is 0 Å². The Hall–Kier alpha value is -0.230. The van der Waals surface area contributed by atoms with Crippen molar-refractivity contribution in [3.63, 3.8) is 0 Å². The molecule has 0 spiro atoms. The third kappa shape index (κ3) is 12.0. The lowest BCUT2D eigenvalue weighted by molar-refractivity contribution is 0.482. The third-order valence-corrected chi connectivity index (χ3v) is 4.83. The van der Waals surface area contributed by atoms with Crippen LogP contribution >= 0.6 is 0 Å². The number of hydrogen-bond donors (Lipinski definition) is 2. The molecule has 0 rings (SSSR count). The standard InChI is InChI=1S/C6H15NO7S3/c1-15(8,9)4-2-5-16(10,11)7-3-6-17(12,13)14/h7H,2-6H2,1H3,(H,12,13,14). The fraction of sp³-hybridized carbons (Fsp3) is 1.00. The smallest absolute Gasteiger partial charge is 0.266 e. The Bertz CT molecular complexity index is 486. The van der Waals surface area contributed by atoms with Crippen molar-refractivity contribution in [1.29, 1.82) is 0 Å². The zero-order valence-electron chi connectivity index (χ0n) is 9.16. The summed E-state index contributed by atoms with van der Waals surface area (Å²) in [6.07, 6.45) is 0.922. The average molecular weight is 309 g/mol. The molecule has 0 aromatic heterocycles. The van der Waals surface area contributed by atoms with Crippen LogP contribution in [0, 0.1) is 0 Å². The Kier molecular flexibility index (Phi) is 6.01.